The van der Waals surface area contributed by atoms with Gasteiger partial charge in [-0.2, -0.15) is 0 Å². The van der Waals surface area contributed by atoms with Crippen LogP contribution in [0.1, 0.15) is 33.1 Å². The van der Waals surface area contributed by atoms with Crippen molar-refractivity contribution in [2.45, 2.75) is 19.9 Å². The largest absolute Gasteiger partial charge is 0.494 e. The molecule has 0 aliphatic heterocycles. The molecule has 2 aromatic rings. The van der Waals surface area contributed by atoms with Gasteiger partial charge in [-0.3, -0.25) is 9.59 Å². The summed E-state index contributed by atoms with van der Waals surface area (Å²) >= 11 is 1.37. The number of rotatable bonds is 6. The number of methoxy groups -OCH3 is 1. The molecule has 5 nitrogen and oxygen atoms in total. The molecule has 1 heterocycles. The number of benzene rings is 1. The first-order valence-corrected chi connectivity index (χ1v) is 8.19. The Morgan fingerprint density at radius 2 is 2.04 bits per heavy atom. The fraction of sp³-hybridized carbons (Fsp3) is 0.294. The Labute approximate surface area is 143 Å². The molecule has 0 spiro atoms. The van der Waals surface area contributed by atoms with Crippen LogP contribution in [0.25, 0.3) is 0 Å². The third kappa shape index (κ3) is 4.55. The maximum atomic E-state index is 13.7. The van der Waals surface area contributed by atoms with E-state index < -0.39 is 11.9 Å². The van der Waals surface area contributed by atoms with Gasteiger partial charge in [0.05, 0.1) is 24.6 Å². The molecule has 7 heteroatoms. The summed E-state index contributed by atoms with van der Waals surface area (Å²) in [5.41, 5.74) is 0.613. The first-order chi connectivity index (χ1) is 11.4. The van der Waals surface area contributed by atoms with Crippen molar-refractivity contribution < 1.29 is 18.7 Å². The Hall–Kier alpha value is -2.41. The molecule has 2 amide bonds. The van der Waals surface area contributed by atoms with E-state index in [0.29, 0.717) is 10.4 Å². The number of carbonyl (C=O) groups excluding carboxylic acids is 2. The monoisotopic (exact) mass is 350 g/mol. The van der Waals surface area contributed by atoms with Crippen LogP contribution in [0.4, 0.5) is 4.39 Å². The van der Waals surface area contributed by atoms with Crippen molar-refractivity contribution in [2.75, 3.05) is 13.7 Å². The summed E-state index contributed by atoms with van der Waals surface area (Å²) < 4.78 is 18.6. The minimum absolute atomic E-state index is 0.140. The third-order valence-electron chi connectivity index (χ3n) is 3.43. The van der Waals surface area contributed by atoms with Gasteiger partial charge in [-0.1, -0.05) is 6.07 Å². The minimum atomic E-state index is -0.488. The van der Waals surface area contributed by atoms with Gasteiger partial charge in [0.25, 0.3) is 5.91 Å². The molecule has 0 radical (unpaired) electrons. The molecule has 1 aromatic heterocycles. The van der Waals surface area contributed by atoms with Crippen molar-refractivity contribution in [3.8, 4) is 5.75 Å². The molecule has 0 saturated heterocycles. The van der Waals surface area contributed by atoms with E-state index in [2.05, 4.69) is 10.6 Å². The van der Waals surface area contributed by atoms with Crippen molar-refractivity contribution in [3.05, 3.63) is 51.5 Å². The smallest absolute Gasteiger partial charge is 0.261 e. The second-order valence-corrected chi connectivity index (χ2v) is 6.56. The number of carbonyl (C=O) groups is 2. The third-order valence-corrected chi connectivity index (χ3v) is 4.43. The standard InChI is InChI=1S/C17H19FN2O3S/c1-10-4-7-15(24-10)17(22)19-9-16(21)20-11(2)12-5-6-14(23-3)13(18)8-12/h4-8,11H,9H2,1-3H3,(H,19,22)(H,20,21). The highest BCUT2D eigenvalue weighted by Gasteiger charge is 2.14. The predicted molar refractivity (Wildman–Crippen MR) is 90.9 cm³/mol. The molecule has 1 atom stereocenters. The van der Waals surface area contributed by atoms with Gasteiger partial charge >= 0.3 is 0 Å². The average Bonchev–Trinajstić information content (AvgIpc) is 2.99. The van der Waals surface area contributed by atoms with Crippen molar-refractivity contribution >= 4 is 23.2 Å². The van der Waals surface area contributed by atoms with Crippen LogP contribution in [0.2, 0.25) is 0 Å². The average molecular weight is 350 g/mol. The lowest BCUT2D eigenvalue weighted by Gasteiger charge is -2.15. The maximum Gasteiger partial charge on any atom is 0.261 e. The molecule has 1 aromatic carbocycles. The summed E-state index contributed by atoms with van der Waals surface area (Å²) in [6.07, 6.45) is 0. The molecular formula is C17H19FN2O3S. The summed E-state index contributed by atoms with van der Waals surface area (Å²) in [6.45, 7) is 3.51. The lowest BCUT2D eigenvalue weighted by molar-refractivity contribution is -0.120. The summed E-state index contributed by atoms with van der Waals surface area (Å²) in [6, 6.07) is 7.68. The van der Waals surface area contributed by atoms with E-state index in [1.807, 2.05) is 13.0 Å². The first kappa shape index (κ1) is 17.9. The van der Waals surface area contributed by atoms with E-state index in [1.54, 1.807) is 19.1 Å². The van der Waals surface area contributed by atoms with E-state index in [0.717, 1.165) is 4.88 Å². The minimum Gasteiger partial charge on any atom is -0.494 e. The van der Waals surface area contributed by atoms with Crippen LogP contribution in [0.3, 0.4) is 0 Å². The van der Waals surface area contributed by atoms with Crippen LogP contribution in [0, 0.1) is 12.7 Å². The molecule has 0 aliphatic carbocycles. The Morgan fingerprint density at radius 1 is 1.29 bits per heavy atom. The highest BCUT2D eigenvalue weighted by molar-refractivity contribution is 7.13. The van der Waals surface area contributed by atoms with Gasteiger partial charge in [0, 0.05) is 4.88 Å². The topological polar surface area (TPSA) is 67.4 Å². The van der Waals surface area contributed by atoms with Crippen molar-refractivity contribution in [2.24, 2.45) is 0 Å². The van der Waals surface area contributed by atoms with Gasteiger partial charge in [0.2, 0.25) is 5.91 Å². The zero-order valence-electron chi connectivity index (χ0n) is 13.7. The number of hydrogen-bond acceptors (Lipinski definition) is 4. The Morgan fingerprint density at radius 3 is 2.62 bits per heavy atom. The van der Waals surface area contributed by atoms with Gasteiger partial charge in [-0.15, -0.1) is 11.3 Å². The first-order valence-electron chi connectivity index (χ1n) is 7.38. The highest BCUT2D eigenvalue weighted by atomic mass is 32.1. The molecule has 0 bridgehead atoms. The number of amides is 2. The normalized spacial score (nSPS) is 11.7. The van der Waals surface area contributed by atoms with E-state index in [9.17, 15) is 14.0 Å². The second-order valence-electron chi connectivity index (χ2n) is 5.28. The zero-order chi connectivity index (χ0) is 17.7. The molecule has 24 heavy (non-hydrogen) atoms. The fourth-order valence-electron chi connectivity index (χ4n) is 2.13. The van der Waals surface area contributed by atoms with Gasteiger partial charge in [0.15, 0.2) is 11.6 Å². The fourth-order valence-corrected chi connectivity index (χ4v) is 2.92. The van der Waals surface area contributed by atoms with Crippen molar-refractivity contribution in [1.29, 1.82) is 0 Å². The van der Waals surface area contributed by atoms with E-state index in [-0.39, 0.29) is 24.1 Å². The molecular weight excluding hydrogens is 331 g/mol. The highest BCUT2D eigenvalue weighted by Crippen LogP contribution is 2.21. The molecule has 0 aliphatic rings. The van der Waals surface area contributed by atoms with Crippen LogP contribution in [0.15, 0.2) is 30.3 Å². The number of ether oxygens (including phenoxy) is 1. The summed E-state index contributed by atoms with van der Waals surface area (Å²) in [5.74, 6) is -0.972. The second kappa shape index (κ2) is 7.92. The number of nitrogens with one attached hydrogen (secondary N) is 2. The lowest BCUT2D eigenvalue weighted by Crippen LogP contribution is -2.37. The number of hydrogen-bond donors (Lipinski definition) is 2. The zero-order valence-corrected chi connectivity index (χ0v) is 14.5. The van der Waals surface area contributed by atoms with Gasteiger partial charge in [-0.05, 0) is 43.7 Å². The van der Waals surface area contributed by atoms with E-state index in [1.165, 1.54) is 30.6 Å². The van der Waals surface area contributed by atoms with Crippen molar-refractivity contribution in [3.63, 3.8) is 0 Å². The Bertz CT molecular complexity index is 745. The quantitative estimate of drug-likeness (QED) is 0.842. The molecule has 0 saturated carbocycles. The number of thiophene rings is 1. The molecule has 1 unspecified atom stereocenters. The molecule has 2 N–H and O–H groups in total. The van der Waals surface area contributed by atoms with Crippen molar-refractivity contribution in [1.82, 2.24) is 10.6 Å². The van der Waals surface area contributed by atoms with E-state index in [4.69, 9.17) is 4.74 Å². The van der Waals surface area contributed by atoms with Crippen LogP contribution in [0.5, 0.6) is 5.75 Å². The number of aryl methyl sites for hydroxylation is 1. The number of halogens is 1. The van der Waals surface area contributed by atoms with Crippen LogP contribution in [-0.4, -0.2) is 25.5 Å². The van der Waals surface area contributed by atoms with Gasteiger partial charge in [-0.25, -0.2) is 4.39 Å². The molecule has 2 rings (SSSR count). The van der Waals surface area contributed by atoms with E-state index >= 15 is 0 Å². The van der Waals surface area contributed by atoms with Crippen LogP contribution < -0.4 is 15.4 Å². The Kier molecular flexibility index (Phi) is 5.92. The summed E-state index contributed by atoms with van der Waals surface area (Å²) in [4.78, 5) is 25.4. The maximum absolute atomic E-state index is 13.7. The summed E-state index contributed by atoms with van der Waals surface area (Å²) in [5, 5.41) is 5.28. The molecule has 0 fully saturated rings. The molecule has 128 valence electrons. The van der Waals surface area contributed by atoms with Crippen LogP contribution in [-0.2, 0) is 4.79 Å². The SMILES string of the molecule is COc1ccc(C(C)NC(=O)CNC(=O)c2ccc(C)s2)cc1F. The summed E-state index contributed by atoms with van der Waals surface area (Å²) in [7, 11) is 1.39. The predicted octanol–water partition coefficient (Wildman–Crippen LogP) is 2.81. The Balaban J connectivity index is 1.87. The van der Waals surface area contributed by atoms with Crippen LogP contribution >= 0.6 is 11.3 Å². The van der Waals surface area contributed by atoms with Gasteiger partial charge in [0.1, 0.15) is 0 Å². The van der Waals surface area contributed by atoms with Gasteiger partial charge < -0.3 is 15.4 Å². The lowest BCUT2D eigenvalue weighted by atomic mass is 10.1.